The molecule has 0 rings (SSSR count). The molecule has 0 aliphatic heterocycles. The average Bonchev–Trinajstić information content (AvgIpc) is 2.21. The van der Waals surface area contributed by atoms with Crippen molar-refractivity contribution in [1.82, 2.24) is 0 Å². The van der Waals surface area contributed by atoms with Crippen LogP contribution in [-0.4, -0.2) is 29.7 Å². The summed E-state index contributed by atoms with van der Waals surface area (Å²) in [4.78, 5) is 0. The Kier molecular flexibility index (Phi) is 5.66. The molecule has 0 saturated carbocycles. The van der Waals surface area contributed by atoms with Crippen LogP contribution in [0.3, 0.4) is 0 Å². The number of ether oxygens (including phenoxy) is 1. The van der Waals surface area contributed by atoms with Gasteiger partial charge in [-0.05, 0) is 19.8 Å². The molecule has 1 unspecified atom stereocenters. The Morgan fingerprint density at radius 3 is 1.24 bits per heavy atom. The van der Waals surface area contributed by atoms with Gasteiger partial charge in [0.2, 0.25) is 0 Å². The molecule has 0 aromatic rings. The van der Waals surface area contributed by atoms with Crippen molar-refractivity contribution in [1.29, 1.82) is 0 Å². The molecule has 0 aliphatic rings. The smallest absolute Gasteiger partial charge is 0.345 e. The van der Waals surface area contributed by atoms with E-state index < -0.39 is 36.2 Å². The standard InChI is InChI=1S/C11H15F9O/c1-4-6-7(3,5-2)21-8(9(12,13)14,10(15,16)17)11(18,19)20/h4-6H2,1-3H3. The molecule has 1 atom stereocenters. The Labute approximate surface area is 115 Å². The van der Waals surface area contributed by atoms with Crippen LogP contribution in [0.4, 0.5) is 39.5 Å². The zero-order chi connectivity index (χ0) is 17.3. The molecule has 0 bridgehead atoms. The molecule has 0 saturated heterocycles. The minimum Gasteiger partial charge on any atom is -0.345 e. The highest BCUT2D eigenvalue weighted by Crippen LogP contribution is 2.56. The van der Waals surface area contributed by atoms with Crippen LogP contribution in [-0.2, 0) is 4.74 Å². The molecule has 0 spiro atoms. The summed E-state index contributed by atoms with van der Waals surface area (Å²) in [6.07, 6.45) is -20.8. The third-order valence-corrected chi connectivity index (χ3v) is 3.12. The van der Waals surface area contributed by atoms with E-state index in [1.165, 1.54) is 6.92 Å². The van der Waals surface area contributed by atoms with E-state index in [0.717, 1.165) is 13.8 Å². The van der Waals surface area contributed by atoms with E-state index in [-0.39, 0.29) is 12.8 Å². The summed E-state index contributed by atoms with van der Waals surface area (Å²) in [6, 6.07) is 0. The first kappa shape index (κ1) is 20.3. The fourth-order valence-corrected chi connectivity index (χ4v) is 1.85. The molecule has 0 aromatic heterocycles. The van der Waals surface area contributed by atoms with Gasteiger partial charge in [0.25, 0.3) is 0 Å². The predicted octanol–water partition coefficient (Wildman–Crippen LogP) is 5.40. The molecule has 21 heavy (non-hydrogen) atoms. The summed E-state index contributed by atoms with van der Waals surface area (Å²) < 4.78 is 118. The molecule has 0 radical (unpaired) electrons. The van der Waals surface area contributed by atoms with Gasteiger partial charge in [-0.2, -0.15) is 39.5 Å². The molecule has 1 nitrogen and oxygen atoms in total. The zero-order valence-electron chi connectivity index (χ0n) is 11.4. The summed E-state index contributed by atoms with van der Waals surface area (Å²) in [5, 5.41) is 0. The van der Waals surface area contributed by atoms with Gasteiger partial charge < -0.3 is 4.74 Å². The van der Waals surface area contributed by atoms with Gasteiger partial charge in [0.05, 0.1) is 5.60 Å². The van der Waals surface area contributed by atoms with Gasteiger partial charge in [-0.15, -0.1) is 0 Å². The lowest BCUT2D eigenvalue weighted by molar-refractivity contribution is -0.473. The van der Waals surface area contributed by atoms with Crippen molar-refractivity contribution in [2.24, 2.45) is 0 Å². The quantitative estimate of drug-likeness (QED) is 0.612. The third kappa shape index (κ3) is 3.75. The maximum atomic E-state index is 12.7. The van der Waals surface area contributed by atoms with Crippen molar-refractivity contribution in [3.8, 4) is 0 Å². The van der Waals surface area contributed by atoms with E-state index in [0.29, 0.717) is 0 Å². The van der Waals surface area contributed by atoms with Crippen molar-refractivity contribution < 1.29 is 44.3 Å². The van der Waals surface area contributed by atoms with Gasteiger partial charge in [-0.1, -0.05) is 20.3 Å². The monoisotopic (exact) mass is 334 g/mol. The summed E-state index contributed by atoms with van der Waals surface area (Å²) in [6.45, 7) is 3.37. The molecule has 0 fully saturated rings. The number of hydrogen-bond acceptors (Lipinski definition) is 1. The molecule has 0 amide bonds. The van der Waals surface area contributed by atoms with Crippen molar-refractivity contribution in [2.45, 2.75) is 69.8 Å². The molecular formula is C11H15F9O. The van der Waals surface area contributed by atoms with Crippen molar-refractivity contribution in [3.63, 3.8) is 0 Å². The van der Waals surface area contributed by atoms with E-state index in [2.05, 4.69) is 4.74 Å². The van der Waals surface area contributed by atoms with Crippen LogP contribution in [0.5, 0.6) is 0 Å². The van der Waals surface area contributed by atoms with E-state index in [1.807, 2.05) is 0 Å². The minimum atomic E-state index is -6.69. The van der Waals surface area contributed by atoms with E-state index in [4.69, 9.17) is 0 Å². The largest absolute Gasteiger partial charge is 0.435 e. The van der Waals surface area contributed by atoms with Gasteiger partial charge >= 0.3 is 24.1 Å². The summed E-state index contributed by atoms with van der Waals surface area (Å²) in [5.74, 6) is 0. The Bertz CT molecular complexity index is 305. The second-order valence-corrected chi connectivity index (χ2v) is 4.83. The minimum absolute atomic E-state index is 0.0635. The zero-order valence-corrected chi connectivity index (χ0v) is 11.4. The molecule has 128 valence electrons. The lowest BCUT2D eigenvalue weighted by atomic mass is 9.93. The summed E-state index contributed by atoms with van der Waals surface area (Å²) in [7, 11) is 0. The highest BCUT2D eigenvalue weighted by Gasteiger charge is 2.86. The first-order chi connectivity index (χ1) is 9.08. The molecule has 10 heteroatoms. The Balaban J connectivity index is 6.18. The normalized spacial score (nSPS) is 17.7. The van der Waals surface area contributed by atoms with Gasteiger partial charge in [-0.3, -0.25) is 0 Å². The SMILES string of the molecule is CCCC(C)(CC)OC(C(F)(F)F)(C(F)(F)F)C(F)(F)F. The van der Waals surface area contributed by atoms with Crippen LogP contribution in [0.1, 0.15) is 40.0 Å². The molecule has 0 aromatic carbocycles. The fraction of sp³-hybridized carbons (Fsp3) is 1.00. The average molecular weight is 334 g/mol. The lowest BCUT2D eigenvalue weighted by Gasteiger charge is -2.44. The van der Waals surface area contributed by atoms with Crippen molar-refractivity contribution >= 4 is 0 Å². The van der Waals surface area contributed by atoms with Crippen molar-refractivity contribution in [2.75, 3.05) is 0 Å². The van der Waals surface area contributed by atoms with Crippen LogP contribution in [0.25, 0.3) is 0 Å². The maximum absolute atomic E-state index is 12.7. The second kappa shape index (κ2) is 5.85. The number of alkyl halides is 9. The van der Waals surface area contributed by atoms with Crippen LogP contribution >= 0.6 is 0 Å². The van der Waals surface area contributed by atoms with Crippen LogP contribution in [0, 0.1) is 0 Å². The van der Waals surface area contributed by atoms with E-state index >= 15 is 0 Å². The molecule has 0 heterocycles. The van der Waals surface area contributed by atoms with Crippen LogP contribution in [0.15, 0.2) is 0 Å². The predicted molar refractivity (Wildman–Crippen MR) is 55.6 cm³/mol. The number of rotatable bonds is 5. The molecule has 0 N–H and O–H groups in total. The van der Waals surface area contributed by atoms with Gasteiger partial charge in [-0.25, -0.2) is 0 Å². The summed E-state index contributed by atoms with van der Waals surface area (Å²) >= 11 is 0. The van der Waals surface area contributed by atoms with Crippen LogP contribution < -0.4 is 0 Å². The van der Waals surface area contributed by atoms with E-state index in [9.17, 15) is 39.5 Å². The lowest BCUT2D eigenvalue weighted by Crippen LogP contribution is -2.70. The Morgan fingerprint density at radius 1 is 0.714 bits per heavy atom. The van der Waals surface area contributed by atoms with Crippen LogP contribution in [0.2, 0.25) is 0 Å². The number of hydrogen-bond donors (Lipinski definition) is 0. The Morgan fingerprint density at radius 2 is 1.05 bits per heavy atom. The fourth-order valence-electron chi connectivity index (χ4n) is 1.85. The van der Waals surface area contributed by atoms with Gasteiger partial charge in [0, 0.05) is 0 Å². The number of halogens is 9. The first-order valence-electron chi connectivity index (χ1n) is 5.98. The maximum Gasteiger partial charge on any atom is 0.435 e. The van der Waals surface area contributed by atoms with Gasteiger partial charge in [0.1, 0.15) is 0 Å². The first-order valence-corrected chi connectivity index (χ1v) is 5.98. The highest BCUT2D eigenvalue weighted by atomic mass is 19.4. The summed E-state index contributed by atoms with van der Waals surface area (Å²) in [5.41, 5.74) is -8.41. The van der Waals surface area contributed by atoms with Crippen molar-refractivity contribution in [3.05, 3.63) is 0 Å². The Hall–Kier alpha value is -0.670. The highest BCUT2D eigenvalue weighted by molar-refractivity contribution is 5.04. The van der Waals surface area contributed by atoms with Gasteiger partial charge in [0.15, 0.2) is 0 Å². The third-order valence-electron chi connectivity index (χ3n) is 3.12. The topological polar surface area (TPSA) is 9.23 Å². The molecular weight excluding hydrogens is 319 g/mol. The van der Waals surface area contributed by atoms with E-state index in [1.54, 1.807) is 0 Å². The molecule has 0 aliphatic carbocycles. The second-order valence-electron chi connectivity index (χ2n) is 4.83.